The van der Waals surface area contributed by atoms with Gasteiger partial charge in [0.2, 0.25) is 5.82 Å². The second kappa shape index (κ2) is 6.27. The topological polar surface area (TPSA) is 72.2 Å². The van der Waals surface area contributed by atoms with Crippen LogP contribution in [-0.2, 0) is 5.41 Å². The lowest BCUT2D eigenvalue weighted by molar-refractivity contribution is 0.0933. The molecule has 25 heavy (non-hydrogen) atoms. The summed E-state index contributed by atoms with van der Waals surface area (Å²) >= 11 is 0. The van der Waals surface area contributed by atoms with Crippen molar-refractivity contribution >= 4 is 11.7 Å². The van der Waals surface area contributed by atoms with Crippen molar-refractivity contribution in [2.45, 2.75) is 38.0 Å². The molecule has 1 aliphatic rings. The van der Waals surface area contributed by atoms with Crippen molar-refractivity contribution in [1.82, 2.24) is 24.9 Å². The Morgan fingerprint density at radius 2 is 1.96 bits per heavy atom. The minimum Gasteiger partial charge on any atom is -0.348 e. The number of amides is 1. The summed E-state index contributed by atoms with van der Waals surface area (Å²) in [6.45, 7) is 2.52. The Kier molecular flexibility index (Phi) is 3.95. The monoisotopic (exact) mass is 335 g/mol. The molecule has 0 spiro atoms. The predicted molar refractivity (Wildman–Crippen MR) is 94.4 cm³/mol. The molecule has 128 valence electrons. The van der Waals surface area contributed by atoms with Crippen LogP contribution in [-0.4, -0.2) is 32.0 Å². The van der Waals surface area contributed by atoms with E-state index in [9.17, 15) is 4.79 Å². The van der Waals surface area contributed by atoms with Crippen molar-refractivity contribution in [1.29, 1.82) is 0 Å². The molecular weight excluding hydrogens is 314 g/mol. The largest absolute Gasteiger partial charge is 0.348 e. The number of hydrogen-bond donors (Lipinski definition) is 1. The maximum Gasteiger partial charge on any atom is 0.291 e. The molecule has 1 N–H and O–H groups in total. The number of aryl methyl sites for hydroxylation is 1. The summed E-state index contributed by atoms with van der Waals surface area (Å²) in [6, 6.07) is 12.3. The minimum absolute atomic E-state index is 0.0181. The number of benzene rings is 1. The average molecular weight is 335 g/mol. The Hall–Kier alpha value is -2.76. The van der Waals surface area contributed by atoms with Crippen molar-refractivity contribution in [2.24, 2.45) is 0 Å². The first-order chi connectivity index (χ1) is 12.2. The second-order valence-corrected chi connectivity index (χ2v) is 6.77. The standard InChI is InChI=1S/C19H21N5O/c1-14-9-12-20-18-22-16(23-24(14)18)17(25)21-13-19(10-5-6-11-19)15-7-3-2-4-8-15/h2-4,7-9,12H,5-6,10-11,13H2,1H3,(H,21,25). The maximum absolute atomic E-state index is 12.6. The fourth-order valence-electron chi connectivity index (χ4n) is 3.74. The van der Waals surface area contributed by atoms with E-state index in [1.165, 1.54) is 18.4 Å². The van der Waals surface area contributed by atoms with E-state index in [4.69, 9.17) is 0 Å². The van der Waals surface area contributed by atoms with Gasteiger partial charge in [0, 0.05) is 23.9 Å². The summed E-state index contributed by atoms with van der Waals surface area (Å²) < 4.78 is 1.59. The zero-order valence-corrected chi connectivity index (χ0v) is 14.3. The van der Waals surface area contributed by atoms with Gasteiger partial charge in [-0.3, -0.25) is 4.79 Å². The molecule has 1 amide bonds. The first kappa shape index (κ1) is 15.7. The van der Waals surface area contributed by atoms with Gasteiger partial charge in [0.05, 0.1) is 0 Å². The third-order valence-electron chi connectivity index (χ3n) is 5.17. The molecule has 0 saturated heterocycles. The number of nitrogens with one attached hydrogen (secondary N) is 1. The van der Waals surface area contributed by atoms with E-state index in [0.29, 0.717) is 12.3 Å². The molecule has 3 aromatic rings. The van der Waals surface area contributed by atoms with Crippen molar-refractivity contribution in [3.63, 3.8) is 0 Å². The molecule has 0 unspecified atom stereocenters. The Balaban J connectivity index is 1.54. The lowest BCUT2D eigenvalue weighted by Gasteiger charge is -2.29. The third-order valence-corrected chi connectivity index (χ3v) is 5.17. The molecule has 1 aliphatic carbocycles. The van der Waals surface area contributed by atoms with Crippen LogP contribution in [0.5, 0.6) is 0 Å². The van der Waals surface area contributed by atoms with Gasteiger partial charge in [0.25, 0.3) is 11.7 Å². The molecule has 2 aromatic heterocycles. The summed E-state index contributed by atoms with van der Waals surface area (Å²) in [4.78, 5) is 21.0. The molecule has 1 fully saturated rings. The van der Waals surface area contributed by atoms with E-state index >= 15 is 0 Å². The van der Waals surface area contributed by atoms with Crippen LogP contribution in [0.4, 0.5) is 0 Å². The number of aromatic nitrogens is 4. The highest BCUT2D eigenvalue weighted by Crippen LogP contribution is 2.40. The van der Waals surface area contributed by atoms with Gasteiger partial charge < -0.3 is 5.32 Å². The summed E-state index contributed by atoms with van der Waals surface area (Å²) in [7, 11) is 0. The molecule has 0 bridgehead atoms. The third kappa shape index (κ3) is 2.88. The Morgan fingerprint density at radius 1 is 1.20 bits per heavy atom. The molecule has 4 rings (SSSR count). The smallest absolute Gasteiger partial charge is 0.291 e. The van der Waals surface area contributed by atoms with Crippen molar-refractivity contribution in [3.05, 3.63) is 59.7 Å². The summed E-state index contributed by atoms with van der Waals surface area (Å²) in [5, 5.41) is 7.34. The SMILES string of the molecule is Cc1ccnc2nc(C(=O)NCC3(c4ccccc4)CCCC3)nn12. The Morgan fingerprint density at radius 3 is 2.68 bits per heavy atom. The van der Waals surface area contributed by atoms with Crippen molar-refractivity contribution < 1.29 is 4.79 Å². The van der Waals surface area contributed by atoms with Gasteiger partial charge >= 0.3 is 0 Å². The number of carbonyl (C=O) groups is 1. The Bertz CT molecular complexity index is 897. The van der Waals surface area contributed by atoms with Crippen LogP contribution in [0, 0.1) is 6.92 Å². The summed E-state index contributed by atoms with van der Waals surface area (Å²) in [6.07, 6.45) is 6.25. The normalized spacial score (nSPS) is 16.2. The molecule has 6 heteroatoms. The lowest BCUT2D eigenvalue weighted by atomic mass is 9.79. The van der Waals surface area contributed by atoms with Gasteiger partial charge in [-0.25, -0.2) is 9.50 Å². The summed E-state index contributed by atoms with van der Waals surface area (Å²) in [5.74, 6) is 0.374. The fourth-order valence-corrected chi connectivity index (χ4v) is 3.74. The zero-order chi connectivity index (χ0) is 17.3. The first-order valence-electron chi connectivity index (χ1n) is 8.70. The van der Waals surface area contributed by atoms with E-state index in [-0.39, 0.29) is 17.1 Å². The number of rotatable bonds is 4. The summed E-state index contributed by atoms with van der Waals surface area (Å²) in [5.41, 5.74) is 2.21. The van der Waals surface area contributed by atoms with Crippen molar-refractivity contribution in [3.8, 4) is 0 Å². The molecular formula is C19H21N5O. The second-order valence-electron chi connectivity index (χ2n) is 6.77. The van der Waals surface area contributed by atoms with Crippen molar-refractivity contribution in [2.75, 3.05) is 6.54 Å². The van der Waals surface area contributed by atoms with Gasteiger partial charge in [-0.2, -0.15) is 4.98 Å². The Labute approximate surface area is 146 Å². The minimum atomic E-state index is -0.243. The van der Waals surface area contributed by atoms with Crippen LogP contribution in [0.25, 0.3) is 5.78 Å². The molecule has 1 aromatic carbocycles. The van der Waals surface area contributed by atoms with E-state index in [1.54, 1.807) is 10.7 Å². The first-order valence-corrected chi connectivity index (χ1v) is 8.70. The quantitative estimate of drug-likeness (QED) is 0.795. The molecule has 2 heterocycles. The number of fused-ring (bicyclic) bond motifs is 1. The van der Waals surface area contributed by atoms with Crippen LogP contribution in [0.2, 0.25) is 0 Å². The highest BCUT2D eigenvalue weighted by atomic mass is 16.2. The zero-order valence-electron chi connectivity index (χ0n) is 14.3. The van der Waals surface area contributed by atoms with Crippen LogP contribution in [0.15, 0.2) is 42.6 Å². The number of carbonyl (C=O) groups excluding carboxylic acids is 1. The molecule has 0 atom stereocenters. The predicted octanol–water partition coefficient (Wildman–Crippen LogP) is 2.67. The average Bonchev–Trinajstić information content (AvgIpc) is 3.29. The van der Waals surface area contributed by atoms with Gasteiger partial charge in [0.15, 0.2) is 0 Å². The molecule has 6 nitrogen and oxygen atoms in total. The van der Waals surface area contributed by atoms with Crippen LogP contribution in [0.1, 0.15) is 47.6 Å². The van der Waals surface area contributed by atoms with Gasteiger partial charge in [-0.05, 0) is 31.4 Å². The molecule has 0 radical (unpaired) electrons. The maximum atomic E-state index is 12.6. The highest BCUT2D eigenvalue weighted by molar-refractivity contribution is 5.90. The van der Waals surface area contributed by atoms with Crippen LogP contribution in [0.3, 0.4) is 0 Å². The fraction of sp³-hybridized carbons (Fsp3) is 0.368. The van der Waals surface area contributed by atoms with E-state index in [1.807, 2.05) is 19.1 Å². The van der Waals surface area contributed by atoms with Crippen LogP contribution >= 0.6 is 0 Å². The van der Waals surface area contributed by atoms with Gasteiger partial charge in [-0.15, -0.1) is 5.10 Å². The van der Waals surface area contributed by atoms with E-state index in [2.05, 4.69) is 44.6 Å². The lowest BCUT2D eigenvalue weighted by Crippen LogP contribution is -2.39. The van der Waals surface area contributed by atoms with Crippen LogP contribution < -0.4 is 5.32 Å². The number of nitrogens with zero attached hydrogens (tertiary/aromatic N) is 4. The molecule has 0 aliphatic heterocycles. The van der Waals surface area contributed by atoms with E-state index < -0.39 is 0 Å². The van der Waals surface area contributed by atoms with Gasteiger partial charge in [-0.1, -0.05) is 43.2 Å². The highest BCUT2D eigenvalue weighted by Gasteiger charge is 2.36. The molecule has 1 saturated carbocycles. The number of hydrogen-bond acceptors (Lipinski definition) is 4. The van der Waals surface area contributed by atoms with Gasteiger partial charge in [0.1, 0.15) is 0 Å². The van der Waals surface area contributed by atoms with E-state index in [0.717, 1.165) is 18.5 Å².